The third kappa shape index (κ3) is 4.20. The van der Waals surface area contributed by atoms with Crippen LogP contribution in [0, 0.1) is 0 Å². The highest BCUT2D eigenvalue weighted by Crippen LogP contribution is 2.29. The van der Waals surface area contributed by atoms with Crippen LogP contribution in [0.2, 0.25) is 0 Å². The molecule has 0 aliphatic carbocycles. The summed E-state index contributed by atoms with van der Waals surface area (Å²) >= 11 is 0. The van der Waals surface area contributed by atoms with Gasteiger partial charge in [-0.2, -0.15) is 13.2 Å². The first-order chi connectivity index (χ1) is 12.3. The van der Waals surface area contributed by atoms with Crippen molar-refractivity contribution in [2.75, 3.05) is 31.2 Å². The molecule has 1 saturated heterocycles. The van der Waals surface area contributed by atoms with Crippen molar-refractivity contribution in [1.29, 1.82) is 0 Å². The molecule has 3 heterocycles. The molecule has 2 aliphatic heterocycles. The molecule has 0 saturated carbocycles. The number of aromatic nitrogens is 1. The highest BCUT2D eigenvalue weighted by atomic mass is 19.4. The van der Waals surface area contributed by atoms with Gasteiger partial charge in [-0.15, -0.1) is 0 Å². The predicted molar refractivity (Wildman–Crippen MR) is 87.2 cm³/mol. The number of carbonyl (C=O) groups is 1. The minimum Gasteiger partial charge on any atom is -0.491 e. The molecule has 0 bridgehead atoms. The highest BCUT2D eigenvalue weighted by Gasteiger charge is 2.31. The Bertz CT molecular complexity index is 689. The number of pyridine rings is 1. The summed E-state index contributed by atoms with van der Waals surface area (Å²) in [5.74, 6) is 0.755. The predicted octanol–water partition coefficient (Wildman–Crippen LogP) is 2.46. The fraction of sp³-hybridized carbons (Fsp3) is 0.529. The molecule has 142 valence electrons. The monoisotopic (exact) mass is 371 g/mol. The number of alkyl halides is 3. The van der Waals surface area contributed by atoms with E-state index in [2.05, 4.69) is 10.3 Å². The summed E-state index contributed by atoms with van der Waals surface area (Å²) < 4.78 is 48.6. The van der Waals surface area contributed by atoms with Gasteiger partial charge in [0, 0.05) is 25.3 Å². The van der Waals surface area contributed by atoms with E-state index in [1.807, 2.05) is 4.90 Å². The number of hydrogen-bond donors (Lipinski definition) is 1. The quantitative estimate of drug-likeness (QED) is 0.884. The van der Waals surface area contributed by atoms with E-state index in [1.54, 1.807) is 6.92 Å². The standard InChI is InChI=1S/C17H20F3N3O3/c1-11-15(26-8-7-25-11)16(24)22-13-3-2-6-23(10-13)14-5-4-12(9-21-14)17(18,19)20/h4-5,9,13H,2-3,6-8,10H2,1H3,(H,22,24)/t13-/m1/s1. The zero-order valence-corrected chi connectivity index (χ0v) is 14.3. The second-order valence-corrected chi connectivity index (χ2v) is 6.24. The SMILES string of the molecule is CC1=C(C(=O)N[C@@H]2CCCN(c3ccc(C(F)(F)F)cn3)C2)OCCO1. The van der Waals surface area contributed by atoms with E-state index in [1.165, 1.54) is 6.07 Å². The maximum atomic E-state index is 12.6. The summed E-state index contributed by atoms with van der Waals surface area (Å²) in [6.45, 7) is 3.56. The molecule has 9 heteroatoms. The second-order valence-electron chi connectivity index (χ2n) is 6.24. The Kier molecular flexibility index (Phi) is 5.24. The van der Waals surface area contributed by atoms with Crippen molar-refractivity contribution in [1.82, 2.24) is 10.3 Å². The van der Waals surface area contributed by atoms with Gasteiger partial charge in [-0.3, -0.25) is 4.79 Å². The number of nitrogens with one attached hydrogen (secondary N) is 1. The Morgan fingerprint density at radius 3 is 2.73 bits per heavy atom. The van der Waals surface area contributed by atoms with Crippen LogP contribution in [0.1, 0.15) is 25.3 Å². The summed E-state index contributed by atoms with van der Waals surface area (Å²) in [5.41, 5.74) is -0.778. The second kappa shape index (κ2) is 7.43. The Balaban J connectivity index is 1.63. The lowest BCUT2D eigenvalue weighted by molar-refractivity contribution is -0.137. The van der Waals surface area contributed by atoms with Gasteiger partial charge in [0.05, 0.1) is 5.56 Å². The van der Waals surface area contributed by atoms with E-state index in [0.717, 1.165) is 25.1 Å². The molecule has 1 atom stereocenters. The molecular weight excluding hydrogens is 351 g/mol. The lowest BCUT2D eigenvalue weighted by Crippen LogP contribution is -2.48. The van der Waals surface area contributed by atoms with Gasteiger partial charge >= 0.3 is 6.18 Å². The first-order valence-corrected chi connectivity index (χ1v) is 8.40. The molecule has 1 fully saturated rings. The molecule has 26 heavy (non-hydrogen) atoms. The van der Waals surface area contributed by atoms with Crippen LogP contribution in [0.25, 0.3) is 0 Å². The van der Waals surface area contributed by atoms with E-state index in [4.69, 9.17) is 9.47 Å². The fourth-order valence-electron chi connectivity index (χ4n) is 3.03. The summed E-state index contributed by atoms with van der Waals surface area (Å²) in [6.07, 6.45) is -2.00. The molecule has 1 aromatic rings. The van der Waals surface area contributed by atoms with Crippen LogP contribution < -0.4 is 10.2 Å². The highest BCUT2D eigenvalue weighted by molar-refractivity contribution is 5.92. The lowest BCUT2D eigenvalue weighted by Gasteiger charge is -2.34. The number of hydrogen-bond acceptors (Lipinski definition) is 5. The van der Waals surface area contributed by atoms with Gasteiger partial charge in [-0.25, -0.2) is 4.98 Å². The molecule has 2 aliphatic rings. The minimum absolute atomic E-state index is 0.147. The van der Waals surface area contributed by atoms with Crippen LogP contribution in [-0.4, -0.2) is 43.2 Å². The Labute approximate surface area is 149 Å². The average molecular weight is 371 g/mol. The van der Waals surface area contributed by atoms with Gasteiger partial charge in [-0.05, 0) is 31.9 Å². The van der Waals surface area contributed by atoms with Crippen LogP contribution >= 0.6 is 0 Å². The molecular formula is C17H20F3N3O3. The molecule has 3 rings (SSSR count). The van der Waals surface area contributed by atoms with Gasteiger partial charge in [-0.1, -0.05) is 0 Å². The van der Waals surface area contributed by atoms with E-state index in [0.29, 0.717) is 37.9 Å². The fourth-order valence-corrected chi connectivity index (χ4v) is 3.03. The number of ether oxygens (including phenoxy) is 2. The van der Waals surface area contributed by atoms with Crippen LogP contribution in [0.3, 0.4) is 0 Å². The zero-order chi connectivity index (χ0) is 18.7. The number of carbonyl (C=O) groups excluding carboxylic acids is 1. The van der Waals surface area contributed by atoms with Crippen molar-refractivity contribution in [2.45, 2.75) is 32.0 Å². The number of anilines is 1. The van der Waals surface area contributed by atoms with Crippen LogP contribution in [0.15, 0.2) is 29.8 Å². The maximum Gasteiger partial charge on any atom is 0.417 e. The van der Waals surface area contributed by atoms with Crippen molar-refractivity contribution >= 4 is 11.7 Å². The Morgan fingerprint density at radius 2 is 2.08 bits per heavy atom. The normalized spacial score (nSPS) is 21.1. The van der Waals surface area contributed by atoms with Crippen LogP contribution in [-0.2, 0) is 20.4 Å². The van der Waals surface area contributed by atoms with Gasteiger partial charge in [0.25, 0.3) is 5.91 Å². The largest absolute Gasteiger partial charge is 0.491 e. The van der Waals surface area contributed by atoms with Gasteiger partial charge in [0.15, 0.2) is 0 Å². The number of halogens is 3. The smallest absolute Gasteiger partial charge is 0.417 e. The minimum atomic E-state index is -4.41. The van der Waals surface area contributed by atoms with Gasteiger partial charge < -0.3 is 19.7 Å². The number of allylic oxidation sites excluding steroid dienone is 1. The molecule has 0 aromatic carbocycles. The number of rotatable bonds is 3. The Hall–Kier alpha value is -2.45. The average Bonchev–Trinajstić information content (AvgIpc) is 2.61. The summed E-state index contributed by atoms with van der Waals surface area (Å²) in [6, 6.07) is 2.23. The maximum absolute atomic E-state index is 12.6. The first-order valence-electron chi connectivity index (χ1n) is 8.40. The molecule has 0 spiro atoms. The van der Waals surface area contributed by atoms with Crippen molar-refractivity contribution in [3.8, 4) is 0 Å². The third-order valence-electron chi connectivity index (χ3n) is 4.33. The molecule has 1 amide bonds. The van der Waals surface area contributed by atoms with E-state index in [9.17, 15) is 18.0 Å². The number of nitrogens with zero attached hydrogens (tertiary/aromatic N) is 2. The third-order valence-corrected chi connectivity index (χ3v) is 4.33. The topological polar surface area (TPSA) is 63.7 Å². The Morgan fingerprint density at radius 1 is 1.31 bits per heavy atom. The van der Waals surface area contributed by atoms with Gasteiger partial charge in [0.2, 0.25) is 5.76 Å². The summed E-state index contributed by atoms with van der Waals surface area (Å²) in [4.78, 5) is 18.1. The number of piperidine rings is 1. The number of amides is 1. The van der Waals surface area contributed by atoms with Crippen molar-refractivity contribution in [2.24, 2.45) is 0 Å². The first kappa shape index (κ1) is 18.3. The van der Waals surface area contributed by atoms with Gasteiger partial charge in [0.1, 0.15) is 24.8 Å². The van der Waals surface area contributed by atoms with E-state index in [-0.39, 0.29) is 17.7 Å². The van der Waals surface area contributed by atoms with E-state index < -0.39 is 11.7 Å². The van der Waals surface area contributed by atoms with E-state index >= 15 is 0 Å². The molecule has 0 unspecified atom stereocenters. The van der Waals surface area contributed by atoms with Crippen molar-refractivity contribution < 1.29 is 27.4 Å². The van der Waals surface area contributed by atoms with Crippen LogP contribution in [0.4, 0.5) is 19.0 Å². The summed E-state index contributed by atoms with van der Waals surface area (Å²) in [5, 5.41) is 2.90. The molecule has 6 nitrogen and oxygen atoms in total. The van der Waals surface area contributed by atoms with Crippen LogP contribution in [0.5, 0.6) is 0 Å². The molecule has 0 radical (unpaired) electrons. The zero-order valence-electron chi connectivity index (χ0n) is 14.3. The van der Waals surface area contributed by atoms with Crippen molar-refractivity contribution in [3.05, 3.63) is 35.4 Å². The van der Waals surface area contributed by atoms with Crippen molar-refractivity contribution in [3.63, 3.8) is 0 Å². The molecule has 1 aromatic heterocycles. The summed E-state index contributed by atoms with van der Waals surface area (Å²) in [7, 11) is 0. The molecule has 1 N–H and O–H groups in total. The lowest BCUT2D eigenvalue weighted by atomic mass is 10.1.